The zero-order valence-corrected chi connectivity index (χ0v) is 11.1. The molecule has 0 radical (unpaired) electrons. The van der Waals surface area contributed by atoms with Gasteiger partial charge in [-0.2, -0.15) is 0 Å². The third-order valence-electron chi connectivity index (χ3n) is 2.49. The Hall–Kier alpha value is -1.39. The highest BCUT2D eigenvalue weighted by atomic mass is 79.9. The first kappa shape index (κ1) is 10.7. The normalized spacial score (nSPS) is 10.9. The number of nitrogens with zero attached hydrogens (tertiary/aromatic N) is 1. The van der Waals surface area contributed by atoms with Crippen molar-refractivity contribution in [3.63, 3.8) is 0 Å². The van der Waals surface area contributed by atoms with Gasteiger partial charge in [-0.05, 0) is 40.2 Å². The standard InChI is InChI=1S/C13H8BrNOS/c14-9-6-5-8(7-11(9)16)13-15-10-3-1-2-4-12(10)17-13/h1-7,16H. The average molecular weight is 306 g/mol. The van der Waals surface area contributed by atoms with E-state index in [2.05, 4.69) is 27.0 Å². The smallest absolute Gasteiger partial charge is 0.130 e. The highest BCUT2D eigenvalue weighted by Crippen LogP contribution is 2.34. The van der Waals surface area contributed by atoms with E-state index in [9.17, 15) is 5.11 Å². The van der Waals surface area contributed by atoms with Crippen molar-refractivity contribution in [3.8, 4) is 16.3 Å². The number of rotatable bonds is 1. The number of benzene rings is 2. The molecule has 0 spiro atoms. The van der Waals surface area contributed by atoms with Crippen LogP contribution in [0.2, 0.25) is 0 Å². The van der Waals surface area contributed by atoms with Crippen molar-refractivity contribution in [1.82, 2.24) is 4.98 Å². The molecular weight excluding hydrogens is 298 g/mol. The Morgan fingerprint density at radius 3 is 2.71 bits per heavy atom. The summed E-state index contributed by atoms with van der Waals surface area (Å²) in [6.45, 7) is 0. The van der Waals surface area contributed by atoms with Gasteiger partial charge in [-0.1, -0.05) is 18.2 Å². The Labute approximate surface area is 111 Å². The van der Waals surface area contributed by atoms with Crippen molar-refractivity contribution in [3.05, 3.63) is 46.9 Å². The molecule has 0 saturated heterocycles. The van der Waals surface area contributed by atoms with E-state index < -0.39 is 0 Å². The summed E-state index contributed by atoms with van der Waals surface area (Å²) in [4.78, 5) is 4.55. The van der Waals surface area contributed by atoms with Crippen LogP contribution in [0.5, 0.6) is 5.75 Å². The minimum Gasteiger partial charge on any atom is -0.507 e. The summed E-state index contributed by atoms with van der Waals surface area (Å²) < 4.78 is 1.85. The van der Waals surface area contributed by atoms with Crippen LogP contribution in [0.3, 0.4) is 0 Å². The maximum Gasteiger partial charge on any atom is 0.130 e. The van der Waals surface area contributed by atoms with Crippen molar-refractivity contribution >= 4 is 37.5 Å². The second kappa shape index (κ2) is 4.13. The van der Waals surface area contributed by atoms with Crippen molar-refractivity contribution in [2.75, 3.05) is 0 Å². The second-order valence-corrected chi connectivity index (χ2v) is 5.54. The highest BCUT2D eigenvalue weighted by Gasteiger charge is 2.07. The van der Waals surface area contributed by atoms with Gasteiger partial charge in [0.25, 0.3) is 0 Å². The lowest BCUT2D eigenvalue weighted by molar-refractivity contribution is 0.472. The SMILES string of the molecule is Oc1cc(-c2nc3ccccc3s2)ccc1Br. The van der Waals surface area contributed by atoms with E-state index in [4.69, 9.17) is 0 Å². The number of aromatic hydroxyl groups is 1. The van der Waals surface area contributed by atoms with Crippen LogP contribution in [0.1, 0.15) is 0 Å². The molecule has 3 aromatic rings. The summed E-state index contributed by atoms with van der Waals surface area (Å²) in [6.07, 6.45) is 0. The Balaban J connectivity index is 2.17. The van der Waals surface area contributed by atoms with Crippen LogP contribution >= 0.6 is 27.3 Å². The summed E-state index contributed by atoms with van der Waals surface area (Å²) in [7, 11) is 0. The lowest BCUT2D eigenvalue weighted by Crippen LogP contribution is -1.76. The molecule has 1 heterocycles. The molecule has 3 rings (SSSR count). The van der Waals surface area contributed by atoms with E-state index in [1.165, 1.54) is 0 Å². The van der Waals surface area contributed by atoms with Crippen molar-refractivity contribution < 1.29 is 5.11 Å². The molecule has 0 bridgehead atoms. The quantitative estimate of drug-likeness (QED) is 0.721. The summed E-state index contributed by atoms with van der Waals surface area (Å²) >= 11 is 4.90. The summed E-state index contributed by atoms with van der Waals surface area (Å²) in [5, 5.41) is 10.6. The van der Waals surface area contributed by atoms with E-state index in [-0.39, 0.29) is 5.75 Å². The Morgan fingerprint density at radius 1 is 1.12 bits per heavy atom. The maximum atomic E-state index is 9.67. The van der Waals surface area contributed by atoms with Gasteiger partial charge < -0.3 is 5.11 Å². The topological polar surface area (TPSA) is 33.1 Å². The van der Waals surface area contributed by atoms with E-state index >= 15 is 0 Å². The van der Waals surface area contributed by atoms with Crippen LogP contribution in [-0.4, -0.2) is 10.1 Å². The number of hydrogen-bond acceptors (Lipinski definition) is 3. The fourth-order valence-electron chi connectivity index (χ4n) is 1.64. The predicted octanol–water partition coefficient (Wildman–Crippen LogP) is 4.43. The molecule has 1 N–H and O–H groups in total. The molecule has 0 aliphatic carbocycles. The molecule has 0 fully saturated rings. The first-order valence-electron chi connectivity index (χ1n) is 5.08. The molecule has 0 unspecified atom stereocenters. The molecule has 0 amide bonds. The molecule has 2 aromatic carbocycles. The number of aromatic nitrogens is 1. The summed E-state index contributed by atoms with van der Waals surface area (Å²) in [5.74, 6) is 0.238. The van der Waals surface area contributed by atoms with Crippen molar-refractivity contribution in [2.45, 2.75) is 0 Å². The minimum absolute atomic E-state index is 0.238. The zero-order chi connectivity index (χ0) is 11.8. The van der Waals surface area contributed by atoms with Crippen LogP contribution < -0.4 is 0 Å². The number of para-hydroxylation sites is 1. The Morgan fingerprint density at radius 2 is 1.94 bits per heavy atom. The Bertz CT molecular complexity index is 660. The average Bonchev–Trinajstić information content (AvgIpc) is 2.76. The zero-order valence-electron chi connectivity index (χ0n) is 8.72. The van der Waals surface area contributed by atoms with Gasteiger partial charge in [0.1, 0.15) is 10.8 Å². The second-order valence-electron chi connectivity index (χ2n) is 3.65. The van der Waals surface area contributed by atoms with E-state index in [1.54, 1.807) is 17.4 Å². The molecule has 0 aliphatic rings. The lowest BCUT2D eigenvalue weighted by atomic mass is 10.2. The van der Waals surface area contributed by atoms with Gasteiger partial charge >= 0.3 is 0 Å². The molecule has 84 valence electrons. The van der Waals surface area contributed by atoms with E-state index in [0.29, 0.717) is 4.47 Å². The van der Waals surface area contributed by atoms with Gasteiger partial charge in [0.15, 0.2) is 0 Å². The van der Waals surface area contributed by atoms with Crippen molar-refractivity contribution in [1.29, 1.82) is 0 Å². The highest BCUT2D eigenvalue weighted by molar-refractivity contribution is 9.10. The molecule has 1 aromatic heterocycles. The molecule has 0 atom stereocenters. The van der Waals surface area contributed by atoms with Crippen LogP contribution in [-0.2, 0) is 0 Å². The molecule has 0 aliphatic heterocycles. The third-order valence-corrected chi connectivity index (χ3v) is 4.24. The van der Waals surface area contributed by atoms with Gasteiger partial charge in [0.05, 0.1) is 14.7 Å². The first-order valence-corrected chi connectivity index (χ1v) is 6.69. The Kier molecular flexibility index (Phi) is 2.61. The van der Waals surface area contributed by atoms with Crippen LogP contribution in [0.25, 0.3) is 20.8 Å². The largest absolute Gasteiger partial charge is 0.507 e. The van der Waals surface area contributed by atoms with Crippen LogP contribution in [0, 0.1) is 0 Å². The van der Waals surface area contributed by atoms with Crippen LogP contribution in [0.15, 0.2) is 46.9 Å². The van der Waals surface area contributed by atoms with E-state index in [1.807, 2.05) is 30.3 Å². The number of hydrogen-bond donors (Lipinski definition) is 1. The molecular formula is C13H8BrNOS. The molecule has 2 nitrogen and oxygen atoms in total. The number of halogens is 1. The molecule has 0 saturated carbocycles. The summed E-state index contributed by atoms with van der Waals surface area (Å²) in [5.41, 5.74) is 1.93. The fraction of sp³-hybridized carbons (Fsp3) is 0. The fourth-order valence-corrected chi connectivity index (χ4v) is 2.85. The molecule has 4 heteroatoms. The minimum atomic E-state index is 0.238. The number of phenols is 1. The van der Waals surface area contributed by atoms with Gasteiger partial charge in [-0.25, -0.2) is 4.98 Å². The first-order chi connectivity index (χ1) is 8.24. The van der Waals surface area contributed by atoms with Gasteiger partial charge in [-0.3, -0.25) is 0 Å². The van der Waals surface area contributed by atoms with Gasteiger partial charge in [-0.15, -0.1) is 11.3 Å². The van der Waals surface area contributed by atoms with E-state index in [0.717, 1.165) is 20.8 Å². The number of fused-ring (bicyclic) bond motifs is 1. The maximum absolute atomic E-state index is 9.67. The lowest BCUT2D eigenvalue weighted by Gasteiger charge is -1.99. The predicted molar refractivity (Wildman–Crippen MR) is 74.4 cm³/mol. The number of thiazole rings is 1. The van der Waals surface area contributed by atoms with Gasteiger partial charge in [0.2, 0.25) is 0 Å². The number of phenolic OH excluding ortho intramolecular Hbond substituents is 1. The molecule has 17 heavy (non-hydrogen) atoms. The van der Waals surface area contributed by atoms with Crippen LogP contribution in [0.4, 0.5) is 0 Å². The monoisotopic (exact) mass is 305 g/mol. The van der Waals surface area contributed by atoms with Gasteiger partial charge in [0, 0.05) is 5.56 Å². The third kappa shape index (κ3) is 1.94. The van der Waals surface area contributed by atoms with Crippen molar-refractivity contribution in [2.24, 2.45) is 0 Å². The summed E-state index contributed by atoms with van der Waals surface area (Å²) in [6, 6.07) is 13.5.